The molecule has 6 heteroatoms. The normalized spacial score (nSPS) is 23.0. The number of nitrogens with one attached hydrogen (secondary N) is 1. The number of hydrogen-bond donors (Lipinski definition) is 1. The number of carbonyl (C=O) groups excluding carboxylic acids is 2. The molecule has 25 heavy (non-hydrogen) atoms. The van der Waals surface area contributed by atoms with Crippen LogP contribution in [0.5, 0.6) is 0 Å². The van der Waals surface area contributed by atoms with E-state index in [4.69, 9.17) is 0 Å². The van der Waals surface area contributed by atoms with E-state index in [0.29, 0.717) is 5.75 Å². The molecule has 2 saturated heterocycles. The minimum absolute atomic E-state index is 0.00432. The van der Waals surface area contributed by atoms with Gasteiger partial charge in [0, 0.05) is 31.5 Å². The highest BCUT2D eigenvalue weighted by molar-refractivity contribution is 8.01. The van der Waals surface area contributed by atoms with Crippen molar-refractivity contribution in [3.63, 3.8) is 0 Å². The van der Waals surface area contributed by atoms with Gasteiger partial charge in [-0.3, -0.25) is 9.59 Å². The Bertz CT molecular complexity index is 683. The van der Waals surface area contributed by atoms with Crippen LogP contribution in [-0.4, -0.2) is 58.4 Å². The Morgan fingerprint density at radius 3 is 2.52 bits per heavy atom. The van der Waals surface area contributed by atoms with Gasteiger partial charge in [-0.1, -0.05) is 17.7 Å². The summed E-state index contributed by atoms with van der Waals surface area (Å²) < 4.78 is 0. The highest BCUT2D eigenvalue weighted by Gasteiger charge is 2.51. The van der Waals surface area contributed by atoms with Crippen LogP contribution in [0.2, 0.25) is 0 Å². The molecule has 1 aromatic rings. The number of rotatable bonds is 2. The lowest BCUT2D eigenvalue weighted by molar-refractivity contribution is -0.140. The summed E-state index contributed by atoms with van der Waals surface area (Å²) in [5.74, 6) is 0.584. The van der Waals surface area contributed by atoms with Crippen molar-refractivity contribution in [2.24, 2.45) is 0 Å². The summed E-state index contributed by atoms with van der Waals surface area (Å²) in [5.41, 5.74) is 3.04. The number of thioether (sulfide) groups is 1. The number of benzene rings is 1. The van der Waals surface area contributed by atoms with Gasteiger partial charge in [-0.25, -0.2) is 0 Å². The Balaban J connectivity index is 1.79. The molecule has 2 heterocycles. The summed E-state index contributed by atoms with van der Waals surface area (Å²) >= 11 is 1.78. The molecule has 3 rings (SSSR count). The zero-order valence-electron chi connectivity index (χ0n) is 15.5. The summed E-state index contributed by atoms with van der Waals surface area (Å²) in [6.45, 7) is 7.54. The lowest BCUT2D eigenvalue weighted by atomic mass is 10.0. The van der Waals surface area contributed by atoms with Crippen LogP contribution >= 0.6 is 11.8 Å². The first kappa shape index (κ1) is 18.3. The van der Waals surface area contributed by atoms with Gasteiger partial charge in [0.2, 0.25) is 11.8 Å². The van der Waals surface area contributed by atoms with Crippen molar-refractivity contribution in [3.8, 4) is 0 Å². The predicted octanol–water partition coefficient (Wildman–Crippen LogP) is 2.63. The second-order valence-corrected chi connectivity index (χ2v) is 8.65. The van der Waals surface area contributed by atoms with Gasteiger partial charge in [0.1, 0.15) is 6.04 Å². The van der Waals surface area contributed by atoms with Crippen molar-refractivity contribution < 1.29 is 9.59 Å². The van der Waals surface area contributed by atoms with Gasteiger partial charge in [-0.15, -0.1) is 11.8 Å². The van der Waals surface area contributed by atoms with Gasteiger partial charge in [-0.05, 0) is 45.4 Å². The molecule has 2 aliphatic heterocycles. The molecule has 0 radical (unpaired) electrons. The number of hydrogen-bond acceptors (Lipinski definition) is 4. The molecular weight excluding hydrogens is 334 g/mol. The van der Waals surface area contributed by atoms with Crippen molar-refractivity contribution in [2.45, 2.75) is 44.5 Å². The van der Waals surface area contributed by atoms with Gasteiger partial charge >= 0.3 is 0 Å². The van der Waals surface area contributed by atoms with Gasteiger partial charge in [0.05, 0.1) is 4.87 Å². The summed E-state index contributed by atoms with van der Waals surface area (Å²) in [6.07, 6.45) is 1.84. The molecule has 0 aliphatic carbocycles. The molecule has 1 spiro atoms. The third-order valence-electron chi connectivity index (χ3n) is 5.31. The lowest BCUT2D eigenvalue weighted by Gasteiger charge is -2.44. The van der Waals surface area contributed by atoms with E-state index >= 15 is 0 Å². The Morgan fingerprint density at radius 1 is 1.24 bits per heavy atom. The Hall–Kier alpha value is -1.53. The Labute approximate surface area is 154 Å². The molecule has 0 aromatic heterocycles. The summed E-state index contributed by atoms with van der Waals surface area (Å²) in [5, 5.41) is 3.04. The van der Waals surface area contributed by atoms with Crippen molar-refractivity contribution >= 4 is 29.3 Å². The fourth-order valence-electron chi connectivity index (χ4n) is 3.88. The lowest BCUT2D eigenvalue weighted by Crippen LogP contribution is -2.56. The zero-order valence-corrected chi connectivity index (χ0v) is 16.3. The minimum atomic E-state index is -0.397. The maximum Gasteiger partial charge on any atom is 0.248 e. The van der Waals surface area contributed by atoms with E-state index in [1.54, 1.807) is 18.7 Å². The molecule has 0 saturated carbocycles. The summed E-state index contributed by atoms with van der Waals surface area (Å²) in [4.78, 5) is 29.2. The third kappa shape index (κ3) is 3.55. The SMILES string of the molecule is CC(=O)N1C(C(=O)Nc2ccc(C)cc2C)CSC12CCN(C)CC2. The van der Waals surface area contributed by atoms with Gasteiger partial charge in [0.25, 0.3) is 0 Å². The highest BCUT2D eigenvalue weighted by atomic mass is 32.2. The van der Waals surface area contributed by atoms with Gasteiger partial charge in [-0.2, -0.15) is 0 Å². The molecule has 1 aromatic carbocycles. The van der Waals surface area contributed by atoms with Gasteiger partial charge in [0.15, 0.2) is 0 Å². The molecule has 2 amide bonds. The van der Waals surface area contributed by atoms with Crippen LogP contribution in [0.25, 0.3) is 0 Å². The maximum absolute atomic E-state index is 12.9. The molecular formula is C19H27N3O2S. The van der Waals surface area contributed by atoms with Crippen LogP contribution in [0.3, 0.4) is 0 Å². The van der Waals surface area contributed by atoms with E-state index in [1.807, 2.05) is 30.9 Å². The number of amides is 2. The quantitative estimate of drug-likeness (QED) is 0.880. The average molecular weight is 362 g/mol. The van der Waals surface area contributed by atoms with Crippen molar-refractivity contribution in [3.05, 3.63) is 29.3 Å². The first-order valence-electron chi connectivity index (χ1n) is 8.83. The largest absolute Gasteiger partial charge is 0.324 e. The zero-order chi connectivity index (χ0) is 18.2. The Morgan fingerprint density at radius 2 is 1.92 bits per heavy atom. The van der Waals surface area contributed by atoms with Crippen molar-refractivity contribution in [1.29, 1.82) is 0 Å². The first-order chi connectivity index (χ1) is 11.8. The molecule has 0 bridgehead atoms. The van der Waals surface area contributed by atoms with Crippen LogP contribution in [0.15, 0.2) is 18.2 Å². The number of carbonyl (C=O) groups is 2. The standard InChI is InChI=1S/C19H27N3O2S/c1-13-5-6-16(14(2)11-13)20-18(24)17-12-25-19(22(17)15(3)23)7-9-21(4)10-8-19/h5-6,11,17H,7-10,12H2,1-4H3,(H,20,24). The van der Waals surface area contributed by atoms with Gasteiger partial charge < -0.3 is 15.1 Å². The second-order valence-electron chi connectivity index (χ2n) is 7.27. The molecule has 2 fully saturated rings. The highest BCUT2D eigenvalue weighted by Crippen LogP contribution is 2.46. The summed E-state index contributed by atoms with van der Waals surface area (Å²) in [7, 11) is 2.11. The Kier molecular flexibility index (Phi) is 5.11. The molecule has 1 N–H and O–H groups in total. The van der Waals surface area contributed by atoms with E-state index in [0.717, 1.165) is 37.2 Å². The van der Waals surface area contributed by atoms with E-state index in [1.165, 1.54) is 5.56 Å². The molecule has 1 atom stereocenters. The third-order valence-corrected chi connectivity index (χ3v) is 6.94. The van der Waals surface area contributed by atoms with E-state index in [9.17, 15) is 9.59 Å². The van der Waals surface area contributed by atoms with Crippen LogP contribution in [0, 0.1) is 13.8 Å². The molecule has 136 valence electrons. The van der Waals surface area contributed by atoms with E-state index in [2.05, 4.69) is 23.3 Å². The number of anilines is 1. The second kappa shape index (κ2) is 7.00. The molecule has 1 unspecified atom stereocenters. The topological polar surface area (TPSA) is 52.7 Å². The first-order valence-corrected chi connectivity index (χ1v) is 9.81. The maximum atomic E-state index is 12.9. The fraction of sp³-hybridized carbons (Fsp3) is 0.579. The van der Waals surface area contributed by atoms with Crippen LogP contribution in [-0.2, 0) is 9.59 Å². The monoisotopic (exact) mass is 361 g/mol. The average Bonchev–Trinajstić information content (AvgIpc) is 2.92. The molecule has 2 aliphatic rings. The van der Waals surface area contributed by atoms with Crippen molar-refractivity contribution in [2.75, 3.05) is 31.2 Å². The number of nitrogens with zero attached hydrogens (tertiary/aromatic N) is 2. The predicted molar refractivity (Wildman–Crippen MR) is 103 cm³/mol. The van der Waals surface area contributed by atoms with Crippen LogP contribution in [0.1, 0.15) is 30.9 Å². The van der Waals surface area contributed by atoms with Crippen LogP contribution in [0.4, 0.5) is 5.69 Å². The molecule has 5 nitrogen and oxygen atoms in total. The summed E-state index contributed by atoms with van der Waals surface area (Å²) in [6, 6.07) is 5.59. The number of aryl methyl sites for hydroxylation is 2. The van der Waals surface area contributed by atoms with E-state index in [-0.39, 0.29) is 16.7 Å². The van der Waals surface area contributed by atoms with E-state index < -0.39 is 6.04 Å². The number of piperidine rings is 1. The fourth-order valence-corrected chi connectivity index (χ4v) is 5.52. The number of likely N-dealkylation sites (tertiary alicyclic amines) is 1. The van der Waals surface area contributed by atoms with Crippen LogP contribution < -0.4 is 5.32 Å². The minimum Gasteiger partial charge on any atom is -0.324 e. The van der Waals surface area contributed by atoms with Crippen molar-refractivity contribution in [1.82, 2.24) is 9.80 Å². The smallest absolute Gasteiger partial charge is 0.248 e.